The van der Waals surface area contributed by atoms with E-state index in [1.165, 1.54) is 16.7 Å². The molecule has 0 unspecified atom stereocenters. The summed E-state index contributed by atoms with van der Waals surface area (Å²) < 4.78 is -0.364. The molecule has 0 heterocycles. The van der Waals surface area contributed by atoms with Crippen LogP contribution in [0.4, 0.5) is 0 Å². The summed E-state index contributed by atoms with van der Waals surface area (Å²) in [6, 6.07) is 31.5. The van der Waals surface area contributed by atoms with Gasteiger partial charge in [0.25, 0.3) is 0 Å². The molecule has 0 aliphatic heterocycles. The number of carbonyl (C=O) groups is 1. The summed E-state index contributed by atoms with van der Waals surface area (Å²) in [6.07, 6.45) is 2.95. The van der Waals surface area contributed by atoms with Gasteiger partial charge in [-0.25, -0.2) is 0 Å². The summed E-state index contributed by atoms with van der Waals surface area (Å²) in [6.45, 7) is 0. The van der Waals surface area contributed by atoms with Crippen molar-refractivity contribution in [3.63, 3.8) is 0 Å². The Morgan fingerprint density at radius 1 is 0.833 bits per heavy atom. The van der Waals surface area contributed by atoms with E-state index in [4.69, 9.17) is 5.11 Å². The summed E-state index contributed by atoms with van der Waals surface area (Å²) >= 11 is 1.84. The number of rotatable bonds is 10. The van der Waals surface area contributed by atoms with E-state index < -0.39 is 12.1 Å². The molecule has 3 aromatic rings. The first-order valence-electron chi connectivity index (χ1n) is 10.00. The Morgan fingerprint density at radius 3 is 1.67 bits per heavy atom. The van der Waals surface area contributed by atoms with Crippen molar-refractivity contribution in [2.45, 2.75) is 23.7 Å². The van der Waals surface area contributed by atoms with Gasteiger partial charge < -0.3 is 10.2 Å². The maximum absolute atomic E-state index is 10.7. The van der Waals surface area contributed by atoms with Crippen molar-refractivity contribution in [1.29, 1.82) is 0 Å². The lowest BCUT2D eigenvalue weighted by molar-refractivity contribution is -0.138. The van der Waals surface area contributed by atoms with E-state index >= 15 is 0 Å². The molecule has 0 spiro atoms. The van der Waals surface area contributed by atoms with Gasteiger partial charge in [0.1, 0.15) is 0 Å². The second-order valence-corrected chi connectivity index (χ2v) is 8.32. The van der Waals surface area contributed by atoms with Gasteiger partial charge in [-0.05, 0) is 28.9 Å². The maximum Gasteiger partial charge on any atom is 0.306 e. The third-order valence-electron chi connectivity index (χ3n) is 4.89. The zero-order valence-electron chi connectivity index (χ0n) is 16.7. The quantitative estimate of drug-likeness (QED) is 0.260. The molecule has 0 bridgehead atoms. The van der Waals surface area contributed by atoms with E-state index in [0.29, 0.717) is 0 Å². The number of aliphatic carboxylic acids is 1. The van der Waals surface area contributed by atoms with Crippen LogP contribution in [0.5, 0.6) is 0 Å². The lowest BCUT2D eigenvalue weighted by atomic mass is 9.84. The van der Waals surface area contributed by atoms with Crippen LogP contribution in [0.3, 0.4) is 0 Å². The van der Waals surface area contributed by atoms with Crippen LogP contribution in [0, 0.1) is 0 Å². The number of aliphatic hydroxyl groups excluding tert-OH is 1. The number of hydrogen-bond acceptors (Lipinski definition) is 3. The molecule has 2 N–H and O–H groups in total. The fourth-order valence-corrected chi connectivity index (χ4v) is 5.02. The van der Waals surface area contributed by atoms with Crippen molar-refractivity contribution in [2.75, 3.05) is 5.75 Å². The molecule has 0 aliphatic rings. The Labute approximate surface area is 182 Å². The van der Waals surface area contributed by atoms with Gasteiger partial charge in [0.15, 0.2) is 0 Å². The van der Waals surface area contributed by atoms with Crippen LogP contribution < -0.4 is 0 Å². The summed E-state index contributed by atoms with van der Waals surface area (Å²) in [5, 5.41) is 18.5. The first-order chi connectivity index (χ1) is 14.6. The fraction of sp³-hybridized carbons (Fsp3) is 0.192. The highest BCUT2D eigenvalue weighted by Crippen LogP contribution is 2.48. The van der Waals surface area contributed by atoms with Crippen molar-refractivity contribution in [1.82, 2.24) is 0 Å². The Morgan fingerprint density at radius 2 is 1.27 bits per heavy atom. The number of benzene rings is 3. The molecular formula is C26H26O3S. The number of allylic oxidation sites excluding steroid dienone is 1. The SMILES string of the molecule is O=C(O)C[C@H](O)/C=C/CCSC(c1ccccc1)(c1ccccc1)c1ccccc1. The average molecular weight is 419 g/mol. The van der Waals surface area contributed by atoms with Crippen molar-refractivity contribution in [3.8, 4) is 0 Å². The molecule has 3 rings (SSSR count). The van der Waals surface area contributed by atoms with Crippen molar-refractivity contribution >= 4 is 17.7 Å². The number of carboxylic acids is 1. The minimum absolute atomic E-state index is 0.272. The zero-order valence-corrected chi connectivity index (χ0v) is 17.5. The molecule has 0 saturated heterocycles. The number of thioether (sulfide) groups is 1. The van der Waals surface area contributed by atoms with Crippen molar-refractivity contribution < 1.29 is 15.0 Å². The van der Waals surface area contributed by atoms with Crippen LogP contribution in [0.2, 0.25) is 0 Å². The molecule has 1 atom stereocenters. The Kier molecular flexibility index (Phi) is 7.89. The smallest absolute Gasteiger partial charge is 0.306 e. The van der Waals surface area contributed by atoms with Crippen LogP contribution in [-0.2, 0) is 9.54 Å². The lowest BCUT2D eigenvalue weighted by Crippen LogP contribution is -2.26. The average Bonchev–Trinajstić information content (AvgIpc) is 2.78. The van der Waals surface area contributed by atoms with E-state index in [1.807, 2.05) is 36.0 Å². The highest BCUT2D eigenvalue weighted by atomic mass is 32.2. The molecule has 30 heavy (non-hydrogen) atoms. The summed E-state index contributed by atoms with van der Waals surface area (Å²) in [7, 11) is 0. The molecular weight excluding hydrogens is 392 g/mol. The molecule has 0 radical (unpaired) electrons. The first kappa shape index (κ1) is 21.9. The summed E-state index contributed by atoms with van der Waals surface area (Å²) in [5.41, 5.74) is 3.63. The third kappa shape index (κ3) is 5.41. The highest BCUT2D eigenvalue weighted by Gasteiger charge is 2.36. The topological polar surface area (TPSA) is 57.5 Å². The van der Waals surface area contributed by atoms with E-state index in [2.05, 4.69) is 72.8 Å². The first-order valence-corrected chi connectivity index (χ1v) is 11.0. The standard InChI is InChI=1S/C26H26O3S/c27-24(20-25(28)29)18-10-11-19-30-26(21-12-4-1-5-13-21,22-14-6-2-7-15-22)23-16-8-3-9-17-23/h1-10,12-18,24,27H,11,19-20H2,(H,28,29)/b18-10+/t24-/m1/s1. The summed E-state index contributed by atoms with van der Waals surface area (Å²) in [4.78, 5) is 10.7. The van der Waals surface area contributed by atoms with Crippen LogP contribution >= 0.6 is 11.8 Å². The largest absolute Gasteiger partial charge is 0.481 e. The van der Waals surface area contributed by atoms with Gasteiger partial charge in [-0.3, -0.25) is 4.79 Å². The van der Waals surface area contributed by atoms with E-state index in [1.54, 1.807) is 6.08 Å². The second-order valence-electron chi connectivity index (χ2n) is 7.01. The van der Waals surface area contributed by atoms with Crippen molar-refractivity contribution in [3.05, 3.63) is 120 Å². The Balaban J connectivity index is 1.92. The lowest BCUT2D eigenvalue weighted by Gasteiger charge is -2.35. The van der Waals surface area contributed by atoms with Crippen LogP contribution in [-0.4, -0.2) is 28.0 Å². The maximum atomic E-state index is 10.7. The van der Waals surface area contributed by atoms with Gasteiger partial charge in [0.2, 0.25) is 0 Å². The Hall–Kier alpha value is -2.82. The molecule has 0 aromatic heterocycles. The molecule has 0 aliphatic carbocycles. The van der Waals surface area contributed by atoms with E-state index in [9.17, 15) is 9.90 Å². The zero-order chi connectivity index (χ0) is 21.2. The molecule has 154 valence electrons. The number of aliphatic hydroxyl groups is 1. The second kappa shape index (κ2) is 10.8. The molecule has 4 heteroatoms. The molecule has 3 aromatic carbocycles. The summed E-state index contributed by atoms with van der Waals surface area (Å²) in [5.74, 6) is -0.188. The third-order valence-corrected chi connectivity index (χ3v) is 6.47. The monoisotopic (exact) mass is 418 g/mol. The van der Waals surface area contributed by atoms with Gasteiger partial charge in [0, 0.05) is 0 Å². The molecule has 0 saturated carbocycles. The molecule has 3 nitrogen and oxygen atoms in total. The van der Waals surface area contributed by atoms with Gasteiger partial charge in [-0.2, -0.15) is 0 Å². The predicted molar refractivity (Wildman–Crippen MR) is 124 cm³/mol. The highest BCUT2D eigenvalue weighted by molar-refractivity contribution is 8.00. The van der Waals surface area contributed by atoms with Gasteiger partial charge in [-0.15, -0.1) is 11.8 Å². The van der Waals surface area contributed by atoms with Gasteiger partial charge in [0.05, 0.1) is 17.3 Å². The Bertz CT molecular complexity index is 843. The minimum Gasteiger partial charge on any atom is -0.481 e. The van der Waals surface area contributed by atoms with Crippen LogP contribution in [0.15, 0.2) is 103 Å². The predicted octanol–water partition coefficient (Wildman–Crippen LogP) is 5.49. The van der Waals surface area contributed by atoms with E-state index in [-0.39, 0.29) is 11.2 Å². The van der Waals surface area contributed by atoms with Crippen molar-refractivity contribution in [2.24, 2.45) is 0 Å². The van der Waals surface area contributed by atoms with Gasteiger partial charge in [-0.1, -0.05) is 103 Å². The van der Waals surface area contributed by atoms with Crippen LogP contribution in [0.1, 0.15) is 29.5 Å². The number of hydrogen-bond donors (Lipinski definition) is 2. The van der Waals surface area contributed by atoms with Gasteiger partial charge >= 0.3 is 5.97 Å². The van der Waals surface area contributed by atoms with E-state index in [0.717, 1.165) is 12.2 Å². The fourth-order valence-electron chi connectivity index (χ4n) is 3.55. The van der Waals surface area contributed by atoms with Crippen LogP contribution in [0.25, 0.3) is 0 Å². The minimum atomic E-state index is -1.00. The molecule has 0 amide bonds. The molecule has 0 fully saturated rings. The number of carboxylic acid groups (broad SMARTS) is 1. The normalized spacial score (nSPS) is 12.7.